The molecule has 0 aromatic heterocycles. The number of nitrogens with zero attached hydrogens (tertiary/aromatic N) is 1. The van der Waals surface area contributed by atoms with E-state index in [0.717, 1.165) is 25.4 Å². The summed E-state index contributed by atoms with van der Waals surface area (Å²) < 4.78 is 11.5. The predicted octanol–water partition coefficient (Wildman–Crippen LogP) is 2.30. The van der Waals surface area contributed by atoms with Crippen LogP contribution in [-0.4, -0.2) is 37.3 Å². The molecule has 1 saturated heterocycles. The zero-order valence-electron chi connectivity index (χ0n) is 12.9. The second-order valence-electron chi connectivity index (χ2n) is 6.08. The molecule has 2 fully saturated rings. The van der Waals surface area contributed by atoms with Gasteiger partial charge in [0.05, 0.1) is 19.8 Å². The molecule has 116 valence electrons. The van der Waals surface area contributed by atoms with Gasteiger partial charge in [-0.15, -0.1) is 0 Å². The van der Waals surface area contributed by atoms with Crippen molar-refractivity contribution in [1.82, 2.24) is 4.90 Å². The van der Waals surface area contributed by atoms with E-state index in [-0.39, 0.29) is 0 Å². The van der Waals surface area contributed by atoms with E-state index in [1.807, 2.05) is 12.1 Å². The molecule has 3 rings (SSSR count). The Balaban J connectivity index is 1.78. The molecule has 2 unspecified atom stereocenters. The molecule has 1 aliphatic heterocycles. The monoisotopic (exact) mass is 290 g/mol. The summed E-state index contributed by atoms with van der Waals surface area (Å²) in [6.45, 7) is 3.37. The van der Waals surface area contributed by atoms with Crippen molar-refractivity contribution < 1.29 is 9.47 Å². The number of fused-ring (bicyclic) bond motifs is 1. The fourth-order valence-electron chi connectivity index (χ4n) is 3.67. The van der Waals surface area contributed by atoms with Crippen molar-refractivity contribution in [3.63, 3.8) is 0 Å². The van der Waals surface area contributed by atoms with Crippen molar-refractivity contribution in [3.05, 3.63) is 29.3 Å². The van der Waals surface area contributed by atoms with Crippen LogP contribution in [0.4, 0.5) is 0 Å². The van der Waals surface area contributed by atoms with Crippen LogP contribution in [0.3, 0.4) is 0 Å². The van der Waals surface area contributed by atoms with Gasteiger partial charge in [-0.3, -0.25) is 4.90 Å². The van der Waals surface area contributed by atoms with Crippen molar-refractivity contribution in [2.45, 2.75) is 50.9 Å². The molecule has 0 bridgehead atoms. The van der Waals surface area contributed by atoms with E-state index in [2.05, 4.69) is 11.0 Å². The van der Waals surface area contributed by atoms with Crippen LogP contribution in [0, 0.1) is 0 Å². The zero-order chi connectivity index (χ0) is 14.7. The van der Waals surface area contributed by atoms with Gasteiger partial charge in [-0.05, 0) is 30.5 Å². The molecule has 4 heteroatoms. The number of morpholine rings is 1. The van der Waals surface area contributed by atoms with E-state index in [1.54, 1.807) is 7.11 Å². The van der Waals surface area contributed by atoms with Crippen LogP contribution in [0.5, 0.6) is 5.75 Å². The highest BCUT2D eigenvalue weighted by Crippen LogP contribution is 2.31. The first-order chi connectivity index (χ1) is 10.3. The van der Waals surface area contributed by atoms with Crippen LogP contribution >= 0.6 is 0 Å². The number of hydrogen-bond acceptors (Lipinski definition) is 4. The van der Waals surface area contributed by atoms with E-state index in [9.17, 15) is 0 Å². The van der Waals surface area contributed by atoms with Crippen LogP contribution in [0.25, 0.3) is 0 Å². The Hall–Kier alpha value is -1.10. The molecule has 0 radical (unpaired) electrons. The standard InChI is InChI=1S/C17H26N2O2/c1-20-16-7-6-13(11-18)10-14(16)12-19-8-9-21-17-5-3-2-4-15(17)19/h6-7,10,15,17H,2-5,8-9,11-12,18H2,1H3. The summed E-state index contributed by atoms with van der Waals surface area (Å²) in [5.41, 5.74) is 8.18. The lowest BCUT2D eigenvalue weighted by molar-refractivity contribution is -0.0912. The van der Waals surface area contributed by atoms with Gasteiger partial charge in [0.25, 0.3) is 0 Å². The quantitative estimate of drug-likeness (QED) is 0.924. The van der Waals surface area contributed by atoms with Gasteiger partial charge >= 0.3 is 0 Å². The van der Waals surface area contributed by atoms with Gasteiger partial charge in [0, 0.05) is 31.2 Å². The molecule has 4 nitrogen and oxygen atoms in total. The third-order valence-corrected chi connectivity index (χ3v) is 4.80. The first-order valence-corrected chi connectivity index (χ1v) is 8.03. The van der Waals surface area contributed by atoms with Gasteiger partial charge in [-0.1, -0.05) is 18.9 Å². The summed E-state index contributed by atoms with van der Waals surface area (Å²) in [5.74, 6) is 0.964. The highest BCUT2D eigenvalue weighted by molar-refractivity contribution is 5.37. The molecule has 1 heterocycles. The molecule has 1 aromatic carbocycles. The number of rotatable bonds is 4. The van der Waals surface area contributed by atoms with Crippen LogP contribution in [0.2, 0.25) is 0 Å². The van der Waals surface area contributed by atoms with E-state index >= 15 is 0 Å². The van der Waals surface area contributed by atoms with E-state index in [0.29, 0.717) is 18.7 Å². The van der Waals surface area contributed by atoms with Crippen LogP contribution in [0.1, 0.15) is 36.8 Å². The fourth-order valence-corrected chi connectivity index (χ4v) is 3.67. The Labute approximate surface area is 127 Å². The zero-order valence-corrected chi connectivity index (χ0v) is 12.9. The third kappa shape index (κ3) is 3.23. The average molecular weight is 290 g/mol. The summed E-state index contributed by atoms with van der Waals surface area (Å²) in [6, 6.07) is 6.84. The number of hydrogen-bond donors (Lipinski definition) is 1. The maximum atomic E-state index is 5.96. The Morgan fingerprint density at radius 3 is 3.00 bits per heavy atom. The minimum Gasteiger partial charge on any atom is -0.496 e. The number of methoxy groups -OCH3 is 1. The number of benzene rings is 1. The Bertz CT molecular complexity index is 476. The fraction of sp³-hybridized carbons (Fsp3) is 0.647. The second kappa shape index (κ2) is 6.77. The molecule has 2 N–H and O–H groups in total. The molecular formula is C17H26N2O2. The largest absolute Gasteiger partial charge is 0.496 e. The van der Waals surface area contributed by atoms with Gasteiger partial charge in [-0.2, -0.15) is 0 Å². The van der Waals surface area contributed by atoms with Crippen LogP contribution in [-0.2, 0) is 17.8 Å². The molecule has 0 amide bonds. The van der Waals surface area contributed by atoms with Gasteiger partial charge in [0.15, 0.2) is 0 Å². The van der Waals surface area contributed by atoms with E-state index in [1.165, 1.54) is 36.8 Å². The van der Waals surface area contributed by atoms with E-state index < -0.39 is 0 Å². The van der Waals surface area contributed by atoms with Crippen molar-refractivity contribution in [2.24, 2.45) is 5.73 Å². The highest BCUT2D eigenvalue weighted by Gasteiger charge is 2.34. The first kappa shape index (κ1) is 14.8. The lowest BCUT2D eigenvalue weighted by atomic mass is 9.90. The highest BCUT2D eigenvalue weighted by atomic mass is 16.5. The third-order valence-electron chi connectivity index (χ3n) is 4.80. The molecule has 1 aliphatic carbocycles. The van der Waals surface area contributed by atoms with Crippen molar-refractivity contribution in [3.8, 4) is 5.75 Å². The van der Waals surface area contributed by atoms with Crippen LogP contribution in [0.15, 0.2) is 18.2 Å². The summed E-state index contributed by atoms with van der Waals surface area (Å²) in [6.07, 6.45) is 5.52. The smallest absolute Gasteiger partial charge is 0.123 e. The van der Waals surface area contributed by atoms with Gasteiger partial charge in [0.2, 0.25) is 0 Å². The maximum absolute atomic E-state index is 5.96. The molecule has 2 aliphatic rings. The summed E-state index contributed by atoms with van der Waals surface area (Å²) in [7, 11) is 1.74. The minimum absolute atomic E-state index is 0.427. The van der Waals surface area contributed by atoms with Crippen molar-refractivity contribution in [2.75, 3.05) is 20.3 Å². The minimum atomic E-state index is 0.427. The summed E-state index contributed by atoms with van der Waals surface area (Å²) in [5, 5.41) is 0. The molecule has 21 heavy (non-hydrogen) atoms. The van der Waals surface area contributed by atoms with Crippen molar-refractivity contribution >= 4 is 0 Å². The number of ether oxygens (including phenoxy) is 2. The van der Waals surface area contributed by atoms with Crippen molar-refractivity contribution in [1.29, 1.82) is 0 Å². The normalized spacial score (nSPS) is 26.4. The van der Waals surface area contributed by atoms with Gasteiger partial charge in [0.1, 0.15) is 5.75 Å². The van der Waals surface area contributed by atoms with E-state index in [4.69, 9.17) is 15.2 Å². The van der Waals surface area contributed by atoms with Crippen LogP contribution < -0.4 is 10.5 Å². The average Bonchev–Trinajstić information content (AvgIpc) is 2.55. The Morgan fingerprint density at radius 2 is 2.19 bits per heavy atom. The lowest BCUT2D eigenvalue weighted by Gasteiger charge is -2.44. The SMILES string of the molecule is COc1ccc(CN)cc1CN1CCOC2CCCCC21. The molecule has 0 spiro atoms. The lowest BCUT2D eigenvalue weighted by Crippen LogP contribution is -2.52. The summed E-state index contributed by atoms with van der Waals surface area (Å²) in [4.78, 5) is 2.57. The predicted molar refractivity (Wildman–Crippen MR) is 83.3 cm³/mol. The van der Waals surface area contributed by atoms with Gasteiger partial charge in [-0.25, -0.2) is 0 Å². The maximum Gasteiger partial charge on any atom is 0.123 e. The molecule has 2 atom stereocenters. The van der Waals surface area contributed by atoms with Gasteiger partial charge < -0.3 is 15.2 Å². The molecular weight excluding hydrogens is 264 g/mol. The summed E-state index contributed by atoms with van der Waals surface area (Å²) >= 11 is 0. The topological polar surface area (TPSA) is 47.7 Å². The Kier molecular flexibility index (Phi) is 4.78. The second-order valence-corrected chi connectivity index (χ2v) is 6.08. The molecule has 1 saturated carbocycles. The number of nitrogens with two attached hydrogens (primary N) is 1. The molecule has 1 aromatic rings. The Morgan fingerprint density at radius 1 is 1.33 bits per heavy atom. The first-order valence-electron chi connectivity index (χ1n) is 8.03.